The molecule has 1 heterocycles. The Labute approximate surface area is 150 Å². The van der Waals surface area contributed by atoms with Crippen molar-refractivity contribution in [2.75, 3.05) is 40.8 Å². The van der Waals surface area contributed by atoms with Gasteiger partial charge in [0.2, 0.25) is 0 Å². The molecule has 2 rings (SSSR count). The number of benzene rings is 1. The van der Waals surface area contributed by atoms with E-state index in [1.807, 2.05) is 24.3 Å². The van der Waals surface area contributed by atoms with E-state index in [0.717, 1.165) is 56.0 Å². The lowest BCUT2D eigenvalue weighted by atomic mass is 10.1. The van der Waals surface area contributed by atoms with Crippen molar-refractivity contribution in [2.24, 2.45) is 4.99 Å². The van der Waals surface area contributed by atoms with Gasteiger partial charge in [0.1, 0.15) is 0 Å². The average Bonchev–Trinajstić information content (AvgIpc) is 3.13. The fraction of sp³-hybridized carbons (Fsp3) is 0.579. The maximum Gasteiger partial charge on any atom is 0.253 e. The van der Waals surface area contributed by atoms with Gasteiger partial charge in [-0.3, -0.25) is 9.79 Å². The van der Waals surface area contributed by atoms with Crippen LogP contribution in [0.25, 0.3) is 0 Å². The highest BCUT2D eigenvalue weighted by Gasteiger charge is 2.14. The van der Waals surface area contributed by atoms with Gasteiger partial charge in [-0.05, 0) is 43.4 Å². The van der Waals surface area contributed by atoms with Crippen LogP contribution in [0.5, 0.6) is 0 Å². The summed E-state index contributed by atoms with van der Waals surface area (Å²) in [6.45, 7) is 2.52. The highest BCUT2D eigenvalue weighted by Crippen LogP contribution is 2.14. The monoisotopic (exact) mass is 346 g/mol. The van der Waals surface area contributed by atoms with Gasteiger partial charge >= 0.3 is 0 Å². The average molecular weight is 346 g/mol. The van der Waals surface area contributed by atoms with E-state index in [0.29, 0.717) is 6.10 Å². The minimum Gasteiger partial charge on any atom is -0.378 e. The third kappa shape index (κ3) is 6.38. The number of nitrogens with one attached hydrogen (secondary N) is 2. The quantitative estimate of drug-likeness (QED) is 0.582. The molecule has 1 amide bonds. The Morgan fingerprint density at radius 2 is 2.12 bits per heavy atom. The molecule has 138 valence electrons. The molecule has 0 spiro atoms. The number of rotatable bonds is 7. The largest absolute Gasteiger partial charge is 0.378 e. The van der Waals surface area contributed by atoms with Crippen LogP contribution in [0.15, 0.2) is 29.3 Å². The van der Waals surface area contributed by atoms with Gasteiger partial charge in [0.05, 0.1) is 6.10 Å². The first kappa shape index (κ1) is 19.2. The molecule has 1 atom stereocenters. The third-order valence-electron chi connectivity index (χ3n) is 4.29. The van der Waals surface area contributed by atoms with Crippen LogP contribution in [0.3, 0.4) is 0 Å². The Morgan fingerprint density at radius 3 is 2.80 bits per heavy atom. The predicted octanol–water partition coefficient (Wildman–Crippen LogP) is 1.66. The number of nitrogens with zero attached hydrogens (tertiary/aromatic N) is 2. The van der Waals surface area contributed by atoms with E-state index in [1.165, 1.54) is 6.42 Å². The molecule has 1 aliphatic heterocycles. The second-order valence-electron chi connectivity index (χ2n) is 6.50. The fourth-order valence-electron chi connectivity index (χ4n) is 2.89. The summed E-state index contributed by atoms with van der Waals surface area (Å²) in [4.78, 5) is 17.9. The van der Waals surface area contributed by atoms with Crippen molar-refractivity contribution >= 4 is 11.9 Å². The zero-order valence-electron chi connectivity index (χ0n) is 15.5. The number of hydrogen-bond acceptors (Lipinski definition) is 3. The summed E-state index contributed by atoms with van der Waals surface area (Å²) in [6.07, 6.45) is 4.57. The van der Waals surface area contributed by atoms with Crippen molar-refractivity contribution < 1.29 is 9.53 Å². The first-order valence-corrected chi connectivity index (χ1v) is 8.97. The molecule has 0 saturated carbocycles. The van der Waals surface area contributed by atoms with Crippen LogP contribution in [0.4, 0.5) is 0 Å². The van der Waals surface area contributed by atoms with Crippen molar-refractivity contribution in [3.05, 3.63) is 35.4 Å². The number of amides is 1. The SMILES string of the molecule is CN=C(NCCc1cccc(C(=O)N(C)C)c1)NCCC1CCCO1. The van der Waals surface area contributed by atoms with E-state index < -0.39 is 0 Å². The van der Waals surface area contributed by atoms with Gasteiger partial charge < -0.3 is 20.3 Å². The van der Waals surface area contributed by atoms with E-state index in [4.69, 9.17) is 4.74 Å². The lowest BCUT2D eigenvalue weighted by molar-refractivity contribution is 0.0827. The van der Waals surface area contributed by atoms with Gasteiger partial charge in [-0.2, -0.15) is 0 Å². The van der Waals surface area contributed by atoms with Crippen LogP contribution in [-0.2, 0) is 11.2 Å². The van der Waals surface area contributed by atoms with Gasteiger partial charge in [0.25, 0.3) is 5.91 Å². The van der Waals surface area contributed by atoms with E-state index >= 15 is 0 Å². The molecule has 1 fully saturated rings. The van der Waals surface area contributed by atoms with Crippen molar-refractivity contribution in [3.8, 4) is 0 Å². The van der Waals surface area contributed by atoms with Crippen LogP contribution in [0.1, 0.15) is 35.2 Å². The van der Waals surface area contributed by atoms with Crippen LogP contribution in [-0.4, -0.2) is 63.7 Å². The van der Waals surface area contributed by atoms with Crippen molar-refractivity contribution in [2.45, 2.75) is 31.8 Å². The zero-order valence-corrected chi connectivity index (χ0v) is 15.5. The van der Waals surface area contributed by atoms with Crippen molar-refractivity contribution in [1.29, 1.82) is 0 Å². The molecule has 1 aromatic carbocycles. The predicted molar refractivity (Wildman–Crippen MR) is 101 cm³/mol. The Hall–Kier alpha value is -2.08. The number of ether oxygens (including phenoxy) is 1. The van der Waals surface area contributed by atoms with E-state index in [9.17, 15) is 4.79 Å². The first-order valence-electron chi connectivity index (χ1n) is 8.97. The molecule has 1 unspecified atom stereocenters. The normalized spacial score (nSPS) is 17.4. The molecule has 2 N–H and O–H groups in total. The molecule has 0 aliphatic carbocycles. The molecule has 1 aliphatic rings. The minimum absolute atomic E-state index is 0.0291. The summed E-state index contributed by atoms with van der Waals surface area (Å²) >= 11 is 0. The highest BCUT2D eigenvalue weighted by atomic mass is 16.5. The molecule has 6 nitrogen and oxygen atoms in total. The molecule has 25 heavy (non-hydrogen) atoms. The van der Waals surface area contributed by atoms with Crippen LogP contribution >= 0.6 is 0 Å². The van der Waals surface area contributed by atoms with Gasteiger partial charge in [-0.15, -0.1) is 0 Å². The van der Waals surface area contributed by atoms with E-state index in [-0.39, 0.29) is 5.91 Å². The molecule has 6 heteroatoms. The number of aliphatic imine (C=N–C) groups is 1. The van der Waals surface area contributed by atoms with Crippen LogP contribution in [0.2, 0.25) is 0 Å². The van der Waals surface area contributed by atoms with Crippen LogP contribution < -0.4 is 10.6 Å². The molecule has 0 radical (unpaired) electrons. The maximum absolute atomic E-state index is 12.0. The number of hydrogen-bond donors (Lipinski definition) is 2. The smallest absolute Gasteiger partial charge is 0.253 e. The van der Waals surface area contributed by atoms with E-state index in [1.54, 1.807) is 26.0 Å². The second-order valence-corrected chi connectivity index (χ2v) is 6.50. The molecule has 0 bridgehead atoms. The zero-order chi connectivity index (χ0) is 18.1. The molecule has 1 aromatic rings. The standard InChI is InChI=1S/C19H30N4O2/c1-20-19(22-12-10-17-8-5-13-25-17)21-11-9-15-6-4-7-16(14-15)18(24)23(2)3/h4,6-7,14,17H,5,8-13H2,1-3H3,(H2,20,21,22). The lowest BCUT2D eigenvalue weighted by Gasteiger charge is -2.14. The summed E-state index contributed by atoms with van der Waals surface area (Å²) in [5, 5.41) is 6.64. The summed E-state index contributed by atoms with van der Waals surface area (Å²) < 4.78 is 5.62. The van der Waals surface area contributed by atoms with Crippen LogP contribution in [0, 0.1) is 0 Å². The molecular weight excluding hydrogens is 316 g/mol. The molecule has 1 saturated heterocycles. The van der Waals surface area contributed by atoms with Gasteiger partial charge in [-0.25, -0.2) is 0 Å². The summed E-state index contributed by atoms with van der Waals surface area (Å²) in [5.74, 6) is 0.833. The Morgan fingerprint density at radius 1 is 1.32 bits per heavy atom. The Kier molecular flexibility index (Phi) is 7.73. The number of carbonyl (C=O) groups excluding carboxylic acids is 1. The summed E-state index contributed by atoms with van der Waals surface area (Å²) in [7, 11) is 5.31. The lowest BCUT2D eigenvalue weighted by Crippen LogP contribution is -2.39. The maximum atomic E-state index is 12.0. The van der Waals surface area contributed by atoms with Crippen molar-refractivity contribution in [1.82, 2.24) is 15.5 Å². The first-order chi connectivity index (χ1) is 12.1. The van der Waals surface area contributed by atoms with Gasteiger partial charge in [-0.1, -0.05) is 12.1 Å². The second kappa shape index (κ2) is 10.0. The minimum atomic E-state index is 0.0291. The molecular formula is C19H30N4O2. The number of guanidine groups is 1. The summed E-state index contributed by atoms with van der Waals surface area (Å²) in [6, 6.07) is 7.78. The molecule has 0 aromatic heterocycles. The Bertz CT molecular complexity index is 581. The highest BCUT2D eigenvalue weighted by molar-refractivity contribution is 5.94. The van der Waals surface area contributed by atoms with Crippen molar-refractivity contribution in [3.63, 3.8) is 0 Å². The van der Waals surface area contributed by atoms with Gasteiger partial charge in [0, 0.05) is 46.4 Å². The third-order valence-corrected chi connectivity index (χ3v) is 4.29. The van der Waals surface area contributed by atoms with Gasteiger partial charge in [0.15, 0.2) is 5.96 Å². The number of carbonyl (C=O) groups is 1. The Balaban J connectivity index is 1.73. The summed E-state index contributed by atoms with van der Waals surface area (Å²) in [5.41, 5.74) is 1.86. The van der Waals surface area contributed by atoms with E-state index in [2.05, 4.69) is 15.6 Å². The topological polar surface area (TPSA) is 66.0 Å². The fourth-order valence-corrected chi connectivity index (χ4v) is 2.89.